The summed E-state index contributed by atoms with van der Waals surface area (Å²) in [5.74, 6) is 1.25. The van der Waals surface area contributed by atoms with Crippen molar-refractivity contribution in [1.82, 2.24) is 24.6 Å². The van der Waals surface area contributed by atoms with Crippen molar-refractivity contribution in [1.29, 1.82) is 0 Å². The van der Waals surface area contributed by atoms with E-state index in [1.54, 1.807) is 7.11 Å². The van der Waals surface area contributed by atoms with E-state index in [4.69, 9.17) is 4.74 Å². The molecule has 3 heterocycles. The van der Waals surface area contributed by atoms with Gasteiger partial charge in [-0.05, 0) is 43.0 Å². The van der Waals surface area contributed by atoms with Gasteiger partial charge in [0.2, 0.25) is 11.8 Å². The van der Waals surface area contributed by atoms with Crippen LogP contribution in [0.2, 0.25) is 0 Å². The van der Waals surface area contributed by atoms with Crippen LogP contribution in [-0.2, 0) is 0 Å². The van der Waals surface area contributed by atoms with Gasteiger partial charge in [0.15, 0.2) is 0 Å². The lowest BCUT2D eigenvalue weighted by atomic mass is 9.93. The van der Waals surface area contributed by atoms with Gasteiger partial charge in [-0.1, -0.05) is 6.07 Å². The average molecular weight is 346 g/mol. The van der Waals surface area contributed by atoms with Crippen LogP contribution in [0.1, 0.15) is 19.3 Å². The maximum Gasteiger partial charge on any atom is 0.241 e. The number of ether oxygens (including phenoxy) is 1. The normalized spacial score (nSPS) is 14.5. The Morgan fingerprint density at radius 2 is 2.08 bits per heavy atom. The number of hydrogen-bond donors (Lipinski definition) is 1. The third kappa shape index (κ3) is 2.44. The Bertz CT molecular complexity index is 1100. The molecule has 26 heavy (non-hydrogen) atoms. The van der Waals surface area contributed by atoms with Gasteiger partial charge < -0.3 is 10.1 Å². The van der Waals surface area contributed by atoms with Crippen LogP contribution in [0.5, 0.6) is 5.88 Å². The number of fused-ring (bicyclic) bond motifs is 2. The Labute approximate surface area is 150 Å². The van der Waals surface area contributed by atoms with Crippen LogP contribution in [-0.4, -0.2) is 37.7 Å². The van der Waals surface area contributed by atoms with Crippen LogP contribution < -0.4 is 10.1 Å². The number of methoxy groups -OCH3 is 1. The van der Waals surface area contributed by atoms with Crippen LogP contribution in [0.15, 0.2) is 43.0 Å². The van der Waals surface area contributed by atoms with E-state index in [1.807, 2.05) is 35.1 Å². The molecule has 1 aliphatic carbocycles. The lowest BCUT2D eigenvalue weighted by Gasteiger charge is -2.26. The Balaban J connectivity index is 1.57. The number of aromatic nitrogens is 5. The summed E-state index contributed by atoms with van der Waals surface area (Å²) < 4.78 is 7.23. The third-order valence-corrected chi connectivity index (χ3v) is 4.96. The highest BCUT2D eigenvalue weighted by atomic mass is 16.5. The molecule has 7 heteroatoms. The molecule has 7 nitrogen and oxygen atoms in total. The maximum atomic E-state index is 5.37. The second-order valence-corrected chi connectivity index (χ2v) is 6.53. The van der Waals surface area contributed by atoms with Crippen molar-refractivity contribution in [3.05, 3.63) is 43.0 Å². The monoisotopic (exact) mass is 346 g/mol. The zero-order chi connectivity index (χ0) is 17.5. The fourth-order valence-electron chi connectivity index (χ4n) is 3.31. The highest BCUT2D eigenvalue weighted by molar-refractivity contribution is 5.91. The van der Waals surface area contributed by atoms with Gasteiger partial charge in [0.05, 0.1) is 29.7 Å². The van der Waals surface area contributed by atoms with Crippen molar-refractivity contribution in [2.24, 2.45) is 0 Å². The molecular formula is C19H18N6O. The largest absolute Gasteiger partial charge is 0.480 e. The zero-order valence-electron chi connectivity index (χ0n) is 14.4. The van der Waals surface area contributed by atoms with Crippen molar-refractivity contribution in [3.8, 4) is 17.0 Å². The molecule has 1 fully saturated rings. The van der Waals surface area contributed by atoms with Gasteiger partial charge in [-0.3, -0.25) is 0 Å². The van der Waals surface area contributed by atoms with Crippen molar-refractivity contribution in [2.45, 2.75) is 25.3 Å². The van der Waals surface area contributed by atoms with E-state index < -0.39 is 0 Å². The molecular weight excluding hydrogens is 328 g/mol. The van der Waals surface area contributed by atoms with E-state index in [2.05, 4.69) is 31.4 Å². The molecule has 0 radical (unpaired) electrons. The van der Waals surface area contributed by atoms with Gasteiger partial charge in [-0.2, -0.15) is 0 Å². The van der Waals surface area contributed by atoms with Crippen LogP contribution in [0.25, 0.3) is 27.5 Å². The van der Waals surface area contributed by atoms with Gasteiger partial charge in [0.25, 0.3) is 0 Å². The lowest BCUT2D eigenvalue weighted by Crippen LogP contribution is -2.28. The van der Waals surface area contributed by atoms with E-state index >= 15 is 0 Å². The first kappa shape index (κ1) is 15.1. The molecule has 1 aromatic carbocycles. The number of rotatable bonds is 4. The summed E-state index contributed by atoms with van der Waals surface area (Å²) >= 11 is 0. The Hall–Kier alpha value is -3.22. The maximum absolute atomic E-state index is 5.37. The van der Waals surface area contributed by atoms with Crippen LogP contribution in [0, 0.1) is 0 Å². The molecule has 3 aromatic heterocycles. The summed E-state index contributed by atoms with van der Waals surface area (Å²) in [6.07, 6.45) is 9.01. The quantitative estimate of drug-likeness (QED) is 0.611. The zero-order valence-corrected chi connectivity index (χ0v) is 14.4. The SMILES string of the molecule is COc1ncnc2ccc(-c3ccn4nc(NC5CCC5)ncc34)cc12. The Morgan fingerprint density at radius 1 is 1.15 bits per heavy atom. The van der Waals surface area contributed by atoms with Crippen molar-refractivity contribution >= 4 is 22.4 Å². The van der Waals surface area contributed by atoms with Gasteiger partial charge in [-0.25, -0.2) is 19.5 Å². The number of nitrogens with zero attached hydrogens (tertiary/aromatic N) is 5. The molecule has 1 N–H and O–H groups in total. The molecule has 130 valence electrons. The van der Waals surface area contributed by atoms with Crippen molar-refractivity contribution in [2.75, 3.05) is 12.4 Å². The van der Waals surface area contributed by atoms with Gasteiger partial charge >= 0.3 is 0 Å². The molecule has 0 unspecified atom stereocenters. The van der Waals surface area contributed by atoms with Crippen LogP contribution in [0.3, 0.4) is 0 Å². The number of anilines is 1. The number of benzene rings is 1. The average Bonchev–Trinajstić information content (AvgIpc) is 3.07. The summed E-state index contributed by atoms with van der Waals surface area (Å²) in [6, 6.07) is 8.63. The smallest absolute Gasteiger partial charge is 0.241 e. The summed E-state index contributed by atoms with van der Waals surface area (Å²) in [6.45, 7) is 0. The summed E-state index contributed by atoms with van der Waals surface area (Å²) in [4.78, 5) is 13.0. The highest BCUT2D eigenvalue weighted by Gasteiger charge is 2.18. The molecule has 0 bridgehead atoms. The van der Waals surface area contributed by atoms with E-state index in [1.165, 1.54) is 25.6 Å². The van der Waals surface area contributed by atoms with Crippen LogP contribution >= 0.6 is 0 Å². The minimum absolute atomic E-state index is 0.510. The number of hydrogen-bond acceptors (Lipinski definition) is 6. The van der Waals surface area contributed by atoms with Gasteiger partial charge in [-0.15, -0.1) is 5.10 Å². The van der Waals surface area contributed by atoms with E-state index in [0.717, 1.165) is 27.5 Å². The standard InChI is InChI=1S/C19H18N6O/c1-26-18-15-9-12(5-6-16(15)21-11-22-18)14-7-8-25-17(14)10-20-19(24-25)23-13-3-2-4-13/h5-11,13H,2-4H2,1H3,(H,23,24). The fraction of sp³-hybridized carbons (Fsp3) is 0.263. The fourth-order valence-corrected chi connectivity index (χ4v) is 3.31. The molecule has 0 atom stereocenters. The predicted octanol–water partition coefficient (Wildman–Crippen LogP) is 3.31. The number of nitrogens with one attached hydrogen (secondary N) is 1. The predicted molar refractivity (Wildman–Crippen MR) is 99.3 cm³/mol. The van der Waals surface area contributed by atoms with E-state index in [0.29, 0.717) is 17.9 Å². The summed E-state index contributed by atoms with van der Waals surface area (Å²) in [5, 5.41) is 8.85. The van der Waals surface area contributed by atoms with Gasteiger partial charge in [0, 0.05) is 17.8 Å². The molecule has 0 spiro atoms. The summed E-state index contributed by atoms with van der Waals surface area (Å²) in [5.41, 5.74) is 3.93. The molecule has 1 saturated carbocycles. The molecule has 1 aliphatic rings. The van der Waals surface area contributed by atoms with E-state index in [-0.39, 0.29) is 0 Å². The first-order valence-electron chi connectivity index (χ1n) is 8.72. The Kier molecular flexibility index (Phi) is 3.44. The van der Waals surface area contributed by atoms with Crippen molar-refractivity contribution in [3.63, 3.8) is 0 Å². The minimum atomic E-state index is 0.510. The molecule has 0 aliphatic heterocycles. The molecule has 4 aromatic rings. The lowest BCUT2D eigenvalue weighted by molar-refractivity contribution is 0.402. The van der Waals surface area contributed by atoms with E-state index in [9.17, 15) is 0 Å². The second-order valence-electron chi connectivity index (χ2n) is 6.53. The topological polar surface area (TPSA) is 77.2 Å². The summed E-state index contributed by atoms with van der Waals surface area (Å²) in [7, 11) is 1.62. The van der Waals surface area contributed by atoms with Crippen LogP contribution in [0.4, 0.5) is 5.95 Å². The van der Waals surface area contributed by atoms with Crippen molar-refractivity contribution < 1.29 is 4.74 Å². The Morgan fingerprint density at radius 3 is 2.88 bits per heavy atom. The highest BCUT2D eigenvalue weighted by Crippen LogP contribution is 2.31. The molecule has 0 saturated heterocycles. The second kappa shape index (κ2) is 5.94. The molecule has 0 amide bonds. The minimum Gasteiger partial charge on any atom is -0.480 e. The molecule has 5 rings (SSSR count). The first-order chi connectivity index (χ1) is 12.8. The first-order valence-corrected chi connectivity index (χ1v) is 8.72. The third-order valence-electron chi connectivity index (χ3n) is 4.96. The van der Waals surface area contributed by atoms with Gasteiger partial charge in [0.1, 0.15) is 6.33 Å².